The first-order valence-electron chi connectivity index (χ1n) is 13.5. The maximum atomic E-state index is 12.6. The molecule has 1 aliphatic heterocycles. The summed E-state index contributed by atoms with van der Waals surface area (Å²) < 4.78 is 22.0. The van der Waals surface area contributed by atoms with Crippen molar-refractivity contribution in [2.75, 3.05) is 21.0 Å². The third-order valence-corrected chi connectivity index (χ3v) is 7.92. The maximum absolute atomic E-state index is 12.6. The van der Waals surface area contributed by atoms with Crippen LogP contribution in [0.2, 0.25) is 0 Å². The third kappa shape index (κ3) is 7.03. The SMILES string of the molecule is C=C1/C=C(C(=O)O)\C=C/C/C(OC)=C\C=C1c1c(CCCC)csc1/C=C(\Cc1cc2c(cc1OC)OCO2)C(=O)O. The first-order valence-corrected chi connectivity index (χ1v) is 14.4. The van der Waals surface area contributed by atoms with E-state index in [1.807, 2.05) is 17.5 Å². The van der Waals surface area contributed by atoms with Crippen LogP contribution in [0.1, 0.15) is 47.8 Å². The maximum Gasteiger partial charge on any atom is 0.335 e. The van der Waals surface area contributed by atoms with Gasteiger partial charge >= 0.3 is 11.9 Å². The molecule has 2 aliphatic rings. The average Bonchev–Trinajstić information content (AvgIpc) is 3.59. The molecule has 0 saturated heterocycles. The Hall–Kier alpha value is -4.50. The number of hydrogen-bond donors (Lipinski definition) is 2. The van der Waals surface area contributed by atoms with Gasteiger partial charge in [-0.25, -0.2) is 9.59 Å². The molecule has 8 nitrogen and oxygen atoms in total. The van der Waals surface area contributed by atoms with Crippen molar-refractivity contribution in [2.24, 2.45) is 0 Å². The lowest BCUT2D eigenvalue weighted by Gasteiger charge is -2.14. The molecule has 0 unspecified atom stereocenters. The van der Waals surface area contributed by atoms with E-state index < -0.39 is 11.9 Å². The summed E-state index contributed by atoms with van der Waals surface area (Å²) in [6.07, 6.45) is 13.4. The molecule has 2 heterocycles. The van der Waals surface area contributed by atoms with Gasteiger partial charge in [0.15, 0.2) is 11.5 Å². The van der Waals surface area contributed by atoms with Gasteiger partial charge in [0.25, 0.3) is 0 Å². The van der Waals surface area contributed by atoms with Gasteiger partial charge < -0.3 is 29.2 Å². The summed E-state index contributed by atoms with van der Waals surface area (Å²) in [6, 6.07) is 3.44. The molecule has 0 saturated carbocycles. The van der Waals surface area contributed by atoms with Gasteiger partial charge in [-0.3, -0.25) is 0 Å². The lowest BCUT2D eigenvalue weighted by atomic mass is 9.90. The Bertz CT molecular complexity index is 1530. The summed E-state index contributed by atoms with van der Waals surface area (Å²) in [5.41, 5.74) is 3.94. The van der Waals surface area contributed by atoms with Gasteiger partial charge in [0, 0.05) is 40.5 Å². The first-order chi connectivity index (χ1) is 20.2. The Morgan fingerprint density at radius 3 is 2.52 bits per heavy atom. The zero-order chi connectivity index (χ0) is 30.2. The van der Waals surface area contributed by atoms with Crippen LogP contribution in [0.3, 0.4) is 0 Å². The van der Waals surface area contributed by atoms with Crippen LogP contribution in [0.25, 0.3) is 11.6 Å². The number of unbranched alkanes of at least 4 members (excludes halogenated alkanes) is 1. The molecule has 0 bridgehead atoms. The van der Waals surface area contributed by atoms with Crippen molar-refractivity contribution in [1.29, 1.82) is 0 Å². The monoisotopic (exact) mass is 590 g/mol. The zero-order valence-corrected chi connectivity index (χ0v) is 24.7. The highest BCUT2D eigenvalue weighted by Crippen LogP contribution is 2.40. The molecule has 0 atom stereocenters. The Labute approximate surface area is 249 Å². The Balaban J connectivity index is 1.86. The summed E-state index contributed by atoms with van der Waals surface area (Å²) in [7, 11) is 3.09. The summed E-state index contributed by atoms with van der Waals surface area (Å²) in [5, 5.41) is 22.1. The number of thiophene rings is 1. The van der Waals surface area contributed by atoms with E-state index in [-0.39, 0.29) is 24.4 Å². The van der Waals surface area contributed by atoms with E-state index in [4.69, 9.17) is 18.9 Å². The van der Waals surface area contributed by atoms with Crippen LogP contribution in [0.5, 0.6) is 17.2 Å². The van der Waals surface area contributed by atoms with E-state index in [0.717, 1.165) is 35.3 Å². The largest absolute Gasteiger partial charge is 0.501 e. The number of hydrogen-bond acceptors (Lipinski definition) is 7. The van der Waals surface area contributed by atoms with Gasteiger partial charge in [-0.05, 0) is 59.2 Å². The lowest BCUT2D eigenvalue weighted by Crippen LogP contribution is -2.06. The number of methoxy groups -OCH3 is 2. The van der Waals surface area contributed by atoms with Crippen LogP contribution in [0.15, 0.2) is 77.0 Å². The molecule has 0 spiro atoms. The van der Waals surface area contributed by atoms with Crippen molar-refractivity contribution >= 4 is 34.9 Å². The van der Waals surface area contributed by atoms with Gasteiger partial charge in [-0.2, -0.15) is 0 Å². The summed E-state index contributed by atoms with van der Waals surface area (Å²) in [4.78, 5) is 25.3. The predicted octanol–water partition coefficient (Wildman–Crippen LogP) is 6.98. The number of aliphatic carboxylic acids is 2. The summed E-state index contributed by atoms with van der Waals surface area (Å²) >= 11 is 1.44. The number of allylic oxidation sites excluding steroid dienone is 6. The van der Waals surface area contributed by atoms with Gasteiger partial charge in [0.05, 0.1) is 25.6 Å². The molecule has 1 aliphatic carbocycles. The first kappa shape index (κ1) is 30.5. The molecule has 4 rings (SSSR count). The predicted molar refractivity (Wildman–Crippen MR) is 163 cm³/mol. The number of aryl methyl sites for hydroxylation is 1. The minimum absolute atomic E-state index is 0.0817. The Kier molecular flexibility index (Phi) is 10.1. The number of carboxylic acids is 2. The number of carbonyl (C=O) groups is 2. The Morgan fingerprint density at radius 2 is 1.86 bits per heavy atom. The number of fused-ring (bicyclic) bond motifs is 1. The van der Waals surface area contributed by atoms with Gasteiger partial charge in [0.2, 0.25) is 6.79 Å². The van der Waals surface area contributed by atoms with Crippen LogP contribution in [0, 0.1) is 0 Å². The fraction of sp³-hybridized carbons (Fsp3) is 0.273. The quantitative estimate of drug-likeness (QED) is 0.270. The van der Waals surface area contributed by atoms with Crippen molar-refractivity contribution in [1.82, 2.24) is 0 Å². The molecule has 0 radical (unpaired) electrons. The highest BCUT2D eigenvalue weighted by atomic mass is 32.1. The van der Waals surface area contributed by atoms with Crippen molar-refractivity contribution < 1.29 is 38.7 Å². The second kappa shape index (κ2) is 13.9. The van der Waals surface area contributed by atoms with Crippen LogP contribution < -0.4 is 14.2 Å². The molecule has 2 aromatic rings. The van der Waals surface area contributed by atoms with E-state index in [1.165, 1.54) is 24.5 Å². The fourth-order valence-corrected chi connectivity index (χ4v) is 5.79. The molecule has 42 heavy (non-hydrogen) atoms. The molecule has 9 heteroatoms. The fourth-order valence-electron chi connectivity index (χ4n) is 4.71. The zero-order valence-electron chi connectivity index (χ0n) is 23.9. The highest BCUT2D eigenvalue weighted by Gasteiger charge is 2.22. The Morgan fingerprint density at radius 1 is 1.10 bits per heavy atom. The minimum Gasteiger partial charge on any atom is -0.501 e. The standard InChI is InChI=1S/C33H34O8S/c1-5-6-8-22-18-42-30(16-24(33(36)37)14-23-15-28-29(41-19-40-28)17-27(23)39-4)31(22)26-12-11-25(38-3)10-7-9-21(32(34)35)13-20(26)2/h7,9,11-13,15-18H,2,5-6,8,10,14,19H2,1,3-4H3,(H,34,35)(H,36,37)/b9-7-,21-13+,24-16+,25-11+,26-12?. The van der Waals surface area contributed by atoms with E-state index in [9.17, 15) is 19.8 Å². The third-order valence-electron chi connectivity index (χ3n) is 6.94. The number of ether oxygens (including phenoxy) is 4. The van der Waals surface area contributed by atoms with E-state index in [2.05, 4.69) is 13.5 Å². The minimum atomic E-state index is -1.07. The second-order valence-electron chi connectivity index (χ2n) is 9.73. The number of benzene rings is 1. The number of carboxylic acid groups (broad SMARTS) is 2. The average molecular weight is 591 g/mol. The van der Waals surface area contributed by atoms with E-state index in [1.54, 1.807) is 37.5 Å². The van der Waals surface area contributed by atoms with Crippen LogP contribution in [0.4, 0.5) is 0 Å². The highest BCUT2D eigenvalue weighted by molar-refractivity contribution is 7.11. The van der Waals surface area contributed by atoms with Crippen molar-refractivity contribution in [2.45, 2.75) is 39.0 Å². The molecule has 1 aromatic heterocycles. The molecular formula is C33H34O8S. The van der Waals surface area contributed by atoms with Crippen molar-refractivity contribution in [3.05, 3.63) is 98.5 Å². The van der Waals surface area contributed by atoms with Gasteiger partial charge in [-0.15, -0.1) is 11.3 Å². The summed E-state index contributed by atoms with van der Waals surface area (Å²) in [6.45, 7) is 6.42. The molecule has 0 amide bonds. The molecule has 2 N–H and O–H groups in total. The normalized spacial score (nSPS) is 18.3. The lowest BCUT2D eigenvalue weighted by molar-refractivity contribution is -0.133. The van der Waals surface area contributed by atoms with Gasteiger partial charge in [0.1, 0.15) is 5.75 Å². The van der Waals surface area contributed by atoms with Crippen LogP contribution >= 0.6 is 11.3 Å². The molecule has 1 aromatic carbocycles. The molecular weight excluding hydrogens is 556 g/mol. The van der Waals surface area contributed by atoms with Gasteiger partial charge in [-0.1, -0.05) is 38.2 Å². The van der Waals surface area contributed by atoms with E-state index >= 15 is 0 Å². The molecule has 0 fully saturated rings. The van der Waals surface area contributed by atoms with Crippen molar-refractivity contribution in [3.63, 3.8) is 0 Å². The number of rotatable bonds is 11. The summed E-state index contributed by atoms with van der Waals surface area (Å²) in [5.74, 6) is 0.0905. The smallest absolute Gasteiger partial charge is 0.335 e. The molecule has 220 valence electrons. The topological polar surface area (TPSA) is 112 Å². The van der Waals surface area contributed by atoms with E-state index in [0.29, 0.717) is 46.1 Å². The van der Waals surface area contributed by atoms with Crippen LogP contribution in [-0.2, 0) is 27.2 Å². The van der Waals surface area contributed by atoms with Crippen molar-refractivity contribution in [3.8, 4) is 17.2 Å². The van der Waals surface area contributed by atoms with Crippen LogP contribution in [-0.4, -0.2) is 43.2 Å². The second-order valence-corrected chi connectivity index (χ2v) is 10.6.